The molecule has 20 heavy (non-hydrogen) atoms. The zero-order valence-corrected chi connectivity index (χ0v) is 11.3. The van der Waals surface area contributed by atoms with E-state index in [-0.39, 0.29) is 0 Å². The highest BCUT2D eigenvalue weighted by atomic mass is 16.3. The monoisotopic (exact) mass is 266 g/mol. The lowest BCUT2D eigenvalue weighted by Crippen LogP contribution is -2.50. The Bertz CT molecular complexity index is 648. The molecule has 1 N–H and O–H groups in total. The molecule has 5 aliphatic carbocycles. The summed E-state index contributed by atoms with van der Waals surface area (Å²) in [6.07, 6.45) is 3.33. The molecule has 0 aromatic carbocycles. The van der Waals surface area contributed by atoms with Crippen molar-refractivity contribution < 1.29 is 5.11 Å². The first-order valence-corrected chi connectivity index (χ1v) is 8.21. The Labute approximate surface area is 118 Å². The van der Waals surface area contributed by atoms with Crippen molar-refractivity contribution in [3.05, 3.63) is 30.1 Å². The van der Waals surface area contributed by atoms with Gasteiger partial charge in [-0.05, 0) is 54.1 Å². The van der Waals surface area contributed by atoms with E-state index in [1.165, 1.54) is 6.42 Å². The van der Waals surface area contributed by atoms with Gasteiger partial charge in [0.05, 0.1) is 5.69 Å². The van der Waals surface area contributed by atoms with Crippen LogP contribution < -0.4 is 0 Å². The number of nitrogens with zero attached hydrogens (tertiary/aromatic N) is 2. The van der Waals surface area contributed by atoms with Crippen molar-refractivity contribution in [3.63, 3.8) is 0 Å². The topological polar surface area (TPSA) is 36.4 Å². The Balaban J connectivity index is 1.39. The summed E-state index contributed by atoms with van der Waals surface area (Å²) in [6.45, 7) is 0.862. The van der Waals surface area contributed by atoms with Gasteiger partial charge < -0.3 is 5.11 Å². The third-order valence-corrected chi connectivity index (χ3v) is 8.27. The highest BCUT2D eigenvalue weighted by molar-refractivity contribution is 5.40. The molecule has 0 radical (unpaired) electrons. The minimum absolute atomic E-state index is 0.450. The molecular weight excluding hydrogens is 248 g/mol. The van der Waals surface area contributed by atoms with Gasteiger partial charge in [-0.25, -0.2) is 0 Å². The fourth-order valence-corrected chi connectivity index (χ4v) is 8.43. The number of rotatable bonds is 2. The summed E-state index contributed by atoms with van der Waals surface area (Å²) in [5, 5.41) is 11.6. The van der Waals surface area contributed by atoms with Crippen LogP contribution in [0.5, 0.6) is 0 Å². The Kier molecular flexibility index (Phi) is 1.28. The molecule has 1 aromatic heterocycles. The van der Waals surface area contributed by atoms with Crippen molar-refractivity contribution in [3.8, 4) is 0 Å². The summed E-state index contributed by atoms with van der Waals surface area (Å²) in [5.41, 5.74) is 0.677. The van der Waals surface area contributed by atoms with E-state index in [1.54, 1.807) is 0 Å². The van der Waals surface area contributed by atoms with Gasteiger partial charge in [0, 0.05) is 30.6 Å². The Morgan fingerprint density at radius 3 is 2.95 bits per heavy atom. The molecule has 102 valence electrons. The summed E-state index contributed by atoms with van der Waals surface area (Å²) < 4.78 is 0. The maximum atomic E-state index is 11.6. The lowest BCUT2D eigenvalue weighted by molar-refractivity contribution is -0.134. The van der Waals surface area contributed by atoms with Crippen molar-refractivity contribution in [2.75, 3.05) is 0 Å². The zero-order chi connectivity index (χ0) is 12.8. The molecule has 3 heteroatoms. The van der Waals surface area contributed by atoms with Crippen LogP contribution in [0.2, 0.25) is 0 Å². The molecule has 3 nitrogen and oxygen atoms in total. The molecule has 0 spiro atoms. The second-order valence-corrected chi connectivity index (χ2v) is 8.15. The molecule has 7 aliphatic rings. The van der Waals surface area contributed by atoms with E-state index < -0.39 is 5.72 Å². The molecule has 1 aromatic rings. The fraction of sp³-hybridized carbons (Fsp3) is 0.706. The van der Waals surface area contributed by atoms with Gasteiger partial charge in [0.1, 0.15) is 5.72 Å². The van der Waals surface area contributed by atoms with Gasteiger partial charge in [0.15, 0.2) is 0 Å². The van der Waals surface area contributed by atoms with Crippen LogP contribution in [-0.4, -0.2) is 26.8 Å². The SMILES string of the molecule is O[C@@]12[C@@H]3[C@@H]4[C@H]5C[C@H]6[C@@H]4[C@@H]3[C@H]([C@H]6[C@H]51)N2Cc1ccccn1. The van der Waals surface area contributed by atoms with E-state index in [2.05, 4.69) is 22.0 Å². The molecule has 2 saturated heterocycles. The number of hydrogen-bond acceptors (Lipinski definition) is 3. The molecule has 10 atom stereocenters. The van der Waals surface area contributed by atoms with Gasteiger partial charge >= 0.3 is 0 Å². The van der Waals surface area contributed by atoms with Crippen LogP contribution >= 0.6 is 0 Å². The third kappa shape index (κ3) is 0.671. The van der Waals surface area contributed by atoms with Crippen molar-refractivity contribution >= 4 is 0 Å². The van der Waals surface area contributed by atoms with Crippen LogP contribution in [0.15, 0.2) is 24.4 Å². The summed E-state index contributed by atoms with van der Waals surface area (Å²) >= 11 is 0. The standard InChI is InChI=1S/C17H18N2O/c20-17-14-9-5-8-10-11(9)15(17)13(10)16(12(8)14)19(17)6-7-3-1-2-4-18-7/h1-4,8-16,20H,5-6H2/t8-,9+,10-,11+,12+,13-,14-,15+,16-,17+/m0/s1. The van der Waals surface area contributed by atoms with Gasteiger partial charge in [-0.3, -0.25) is 9.88 Å². The predicted molar refractivity (Wildman–Crippen MR) is 71.1 cm³/mol. The fourth-order valence-electron chi connectivity index (χ4n) is 8.43. The van der Waals surface area contributed by atoms with Crippen LogP contribution in [0.3, 0.4) is 0 Å². The molecule has 0 unspecified atom stereocenters. The van der Waals surface area contributed by atoms with Crippen LogP contribution in [0.25, 0.3) is 0 Å². The van der Waals surface area contributed by atoms with Crippen molar-refractivity contribution in [1.29, 1.82) is 0 Å². The van der Waals surface area contributed by atoms with Gasteiger partial charge in [0.25, 0.3) is 0 Å². The number of aliphatic hydroxyl groups is 1. The number of pyridine rings is 1. The molecule has 8 rings (SSSR count). The quantitative estimate of drug-likeness (QED) is 0.877. The van der Waals surface area contributed by atoms with E-state index in [4.69, 9.17) is 0 Å². The zero-order valence-electron chi connectivity index (χ0n) is 11.3. The van der Waals surface area contributed by atoms with Gasteiger partial charge in [0.2, 0.25) is 0 Å². The molecular formula is C17H18N2O. The highest BCUT2D eigenvalue weighted by Gasteiger charge is 2.93. The largest absolute Gasteiger partial charge is 0.375 e. The van der Waals surface area contributed by atoms with E-state index in [0.29, 0.717) is 17.9 Å². The minimum Gasteiger partial charge on any atom is -0.375 e. The summed E-state index contributed by atoms with van der Waals surface area (Å²) in [5.74, 6) is 6.66. The van der Waals surface area contributed by atoms with Crippen LogP contribution in [0.4, 0.5) is 0 Å². The molecule has 4 bridgehead atoms. The molecule has 7 fully saturated rings. The van der Waals surface area contributed by atoms with Gasteiger partial charge in [-0.15, -0.1) is 0 Å². The van der Waals surface area contributed by atoms with Gasteiger partial charge in [-0.1, -0.05) is 6.07 Å². The van der Waals surface area contributed by atoms with Crippen molar-refractivity contribution in [2.24, 2.45) is 47.3 Å². The van der Waals surface area contributed by atoms with E-state index >= 15 is 0 Å². The van der Waals surface area contributed by atoms with Crippen LogP contribution in [-0.2, 0) is 6.54 Å². The maximum Gasteiger partial charge on any atom is 0.126 e. The lowest BCUT2D eigenvalue weighted by Gasteiger charge is -2.45. The molecule has 3 heterocycles. The Morgan fingerprint density at radius 1 is 1.15 bits per heavy atom. The molecule has 0 amide bonds. The first-order chi connectivity index (χ1) is 9.82. The smallest absolute Gasteiger partial charge is 0.126 e. The first-order valence-electron chi connectivity index (χ1n) is 8.21. The van der Waals surface area contributed by atoms with Crippen molar-refractivity contribution in [1.82, 2.24) is 9.88 Å². The van der Waals surface area contributed by atoms with Crippen molar-refractivity contribution in [2.45, 2.75) is 24.7 Å². The lowest BCUT2D eigenvalue weighted by atomic mass is 9.59. The summed E-state index contributed by atoms with van der Waals surface area (Å²) in [6, 6.07) is 6.84. The normalized spacial score (nSPS) is 65.8. The summed E-state index contributed by atoms with van der Waals surface area (Å²) in [7, 11) is 0. The summed E-state index contributed by atoms with van der Waals surface area (Å²) in [4.78, 5) is 6.99. The molecule has 2 aliphatic heterocycles. The van der Waals surface area contributed by atoms with E-state index in [9.17, 15) is 5.11 Å². The predicted octanol–water partition coefficient (Wildman–Crippen LogP) is 1.34. The molecule has 5 saturated carbocycles. The average Bonchev–Trinajstić information content (AvgIpc) is 3.06. The first kappa shape index (κ1) is 9.91. The van der Waals surface area contributed by atoms with Crippen LogP contribution in [0.1, 0.15) is 12.1 Å². The highest BCUT2D eigenvalue weighted by Crippen LogP contribution is 2.90. The minimum atomic E-state index is -0.450. The van der Waals surface area contributed by atoms with E-state index in [1.807, 2.05) is 12.3 Å². The Morgan fingerprint density at radius 2 is 2.10 bits per heavy atom. The van der Waals surface area contributed by atoms with Crippen LogP contribution in [0, 0.1) is 47.3 Å². The maximum absolute atomic E-state index is 11.6. The number of aromatic nitrogens is 1. The second kappa shape index (κ2) is 2.59. The third-order valence-electron chi connectivity index (χ3n) is 8.27. The number of hydrogen-bond donors (Lipinski definition) is 1. The van der Waals surface area contributed by atoms with E-state index in [0.717, 1.165) is 47.7 Å². The Hall–Kier alpha value is -0.930. The van der Waals surface area contributed by atoms with Gasteiger partial charge in [-0.2, -0.15) is 0 Å². The second-order valence-electron chi connectivity index (χ2n) is 8.15. The average molecular weight is 266 g/mol.